The number of hydrogen-bond donors (Lipinski definition) is 9. The summed E-state index contributed by atoms with van der Waals surface area (Å²) in [7, 11) is 0. The second-order valence-corrected chi connectivity index (χ2v) is 7.50. The highest BCUT2D eigenvalue weighted by Gasteiger charge is 2.28. The number of aliphatic imine (C=N–C) groups is 1. The quantitative estimate of drug-likeness (QED) is 0.0610. The summed E-state index contributed by atoms with van der Waals surface area (Å²) in [5.74, 6) is -4.82. The van der Waals surface area contributed by atoms with Gasteiger partial charge in [-0.15, -0.1) is 0 Å². The molecule has 0 aromatic carbocycles. The Morgan fingerprint density at radius 3 is 2.26 bits per heavy atom. The summed E-state index contributed by atoms with van der Waals surface area (Å²) in [6.45, 7) is -0.505. The Balaban J connectivity index is 2.96. The van der Waals surface area contributed by atoms with Crippen molar-refractivity contribution in [3.63, 3.8) is 0 Å². The highest BCUT2D eigenvalue weighted by molar-refractivity contribution is 5.93. The fourth-order valence-corrected chi connectivity index (χ4v) is 2.84. The van der Waals surface area contributed by atoms with Crippen LogP contribution in [0.2, 0.25) is 0 Å². The largest absolute Gasteiger partial charge is 0.481 e. The summed E-state index contributed by atoms with van der Waals surface area (Å²) < 4.78 is 0. The molecule has 16 heteroatoms. The molecule has 1 aromatic heterocycles. The van der Waals surface area contributed by atoms with Gasteiger partial charge in [-0.05, 0) is 19.3 Å². The van der Waals surface area contributed by atoms with Gasteiger partial charge in [0.2, 0.25) is 17.7 Å². The normalized spacial score (nSPS) is 13.1. The lowest BCUT2D eigenvalue weighted by atomic mass is 10.1. The van der Waals surface area contributed by atoms with Crippen LogP contribution < -0.4 is 33.2 Å². The molecule has 194 valence electrons. The van der Waals surface area contributed by atoms with Gasteiger partial charge < -0.3 is 48.3 Å². The molecule has 0 aliphatic heterocycles. The number of carboxylic acids is 2. The summed E-state index contributed by atoms with van der Waals surface area (Å²) >= 11 is 0. The standard InChI is InChI=1S/C19H31N9O7/c20-11(3-4-14(29)30)16(33)27-12(2-1-5-24-19(21)22)18(35)28-13(6-10-7-23-9-26-10)17(34)25-8-15(31)32/h7,9,11-13H,1-6,8,20H2,(H,23,26)(H,25,34)(H,27,33)(H,28,35)(H,29,30)(H,31,32)(H4,21,22,24). The van der Waals surface area contributed by atoms with E-state index in [0.29, 0.717) is 5.69 Å². The summed E-state index contributed by atoms with van der Waals surface area (Å²) in [6, 6.07) is -3.54. The smallest absolute Gasteiger partial charge is 0.322 e. The Hall–Kier alpha value is -4.21. The Kier molecular flexibility index (Phi) is 12.2. The van der Waals surface area contributed by atoms with Crippen LogP contribution in [0.3, 0.4) is 0 Å². The zero-order valence-corrected chi connectivity index (χ0v) is 18.9. The molecule has 0 spiro atoms. The van der Waals surface area contributed by atoms with E-state index in [1.807, 2.05) is 0 Å². The topological polar surface area (TPSA) is 281 Å². The lowest BCUT2D eigenvalue weighted by Crippen LogP contribution is -2.56. The predicted octanol–water partition coefficient (Wildman–Crippen LogP) is -3.63. The van der Waals surface area contributed by atoms with Crippen LogP contribution in [0.4, 0.5) is 0 Å². The average Bonchev–Trinajstić information content (AvgIpc) is 3.29. The van der Waals surface area contributed by atoms with Gasteiger partial charge in [0.05, 0.1) is 12.4 Å². The lowest BCUT2D eigenvalue weighted by Gasteiger charge is -2.24. The third-order valence-corrected chi connectivity index (χ3v) is 4.61. The second kappa shape index (κ2) is 14.8. The molecule has 1 aromatic rings. The van der Waals surface area contributed by atoms with Crippen molar-refractivity contribution in [3.8, 4) is 0 Å². The number of aromatic amines is 1. The number of rotatable bonds is 16. The van der Waals surface area contributed by atoms with Crippen LogP contribution in [0.1, 0.15) is 31.4 Å². The SMILES string of the molecule is NC(N)=NCCCC(NC(=O)C(N)CCC(=O)O)C(=O)NC(Cc1cnc[nH]1)C(=O)NCC(=O)O. The van der Waals surface area contributed by atoms with Crippen molar-refractivity contribution in [2.45, 2.75) is 50.2 Å². The zero-order valence-electron chi connectivity index (χ0n) is 18.9. The molecule has 12 N–H and O–H groups in total. The summed E-state index contributed by atoms with van der Waals surface area (Å²) in [6.07, 6.45) is 2.61. The van der Waals surface area contributed by atoms with Crippen molar-refractivity contribution in [1.82, 2.24) is 25.9 Å². The van der Waals surface area contributed by atoms with Gasteiger partial charge in [0, 0.05) is 31.3 Å². The van der Waals surface area contributed by atoms with E-state index in [0.717, 1.165) is 0 Å². The maximum Gasteiger partial charge on any atom is 0.322 e. The molecule has 0 aliphatic carbocycles. The number of hydrogen-bond acceptors (Lipinski definition) is 8. The molecule has 3 amide bonds. The van der Waals surface area contributed by atoms with Gasteiger partial charge in [-0.1, -0.05) is 0 Å². The molecule has 3 unspecified atom stereocenters. The molecule has 0 saturated heterocycles. The number of H-pyrrole nitrogens is 1. The zero-order chi connectivity index (χ0) is 26.4. The molecule has 0 saturated carbocycles. The third-order valence-electron chi connectivity index (χ3n) is 4.61. The first-order valence-electron chi connectivity index (χ1n) is 10.6. The van der Waals surface area contributed by atoms with Crippen LogP contribution in [0, 0.1) is 0 Å². The summed E-state index contributed by atoms with van der Waals surface area (Å²) in [5.41, 5.74) is 16.8. The van der Waals surface area contributed by atoms with E-state index in [1.165, 1.54) is 12.5 Å². The van der Waals surface area contributed by atoms with E-state index in [1.54, 1.807) is 0 Å². The summed E-state index contributed by atoms with van der Waals surface area (Å²) in [5, 5.41) is 24.7. The minimum atomic E-state index is -1.27. The Morgan fingerprint density at radius 2 is 1.69 bits per heavy atom. The van der Waals surface area contributed by atoms with Gasteiger partial charge in [0.25, 0.3) is 0 Å². The molecular weight excluding hydrogens is 466 g/mol. The predicted molar refractivity (Wildman–Crippen MR) is 122 cm³/mol. The summed E-state index contributed by atoms with van der Waals surface area (Å²) in [4.78, 5) is 69.9. The van der Waals surface area contributed by atoms with E-state index in [4.69, 9.17) is 27.4 Å². The fourth-order valence-electron chi connectivity index (χ4n) is 2.84. The number of amides is 3. The molecule has 1 heterocycles. The number of nitrogens with zero attached hydrogens (tertiary/aromatic N) is 2. The number of aliphatic carboxylic acids is 2. The Morgan fingerprint density at radius 1 is 1.00 bits per heavy atom. The highest BCUT2D eigenvalue weighted by Crippen LogP contribution is 2.05. The van der Waals surface area contributed by atoms with Gasteiger partial charge in [0.1, 0.15) is 18.6 Å². The van der Waals surface area contributed by atoms with Crippen LogP contribution in [0.5, 0.6) is 0 Å². The van der Waals surface area contributed by atoms with E-state index in [-0.39, 0.29) is 44.6 Å². The molecule has 3 atom stereocenters. The molecule has 0 aliphatic rings. The molecule has 1 rings (SSSR count). The second-order valence-electron chi connectivity index (χ2n) is 7.50. The van der Waals surface area contributed by atoms with Crippen LogP contribution >= 0.6 is 0 Å². The number of carbonyl (C=O) groups is 5. The molecule has 0 radical (unpaired) electrons. The number of aromatic nitrogens is 2. The highest BCUT2D eigenvalue weighted by atomic mass is 16.4. The van der Waals surface area contributed by atoms with Crippen LogP contribution in [-0.4, -0.2) is 87.0 Å². The molecular formula is C19H31N9O7. The number of guanidine groups is 1. The van der Waals surface area contributed by atoms with Gasteiger partial charge in [0.15, 0.2) is 5.96 Å². The van der Waals surface area contributed by atoms with Gasteiger partial charge >= 0.3 is 11.9 Å². The number of nitrogens with one attached hydrogen (secondary N) is 4. The molecule has 0 fully saturated rings. The van der Waals surface area contributed by atoms with E-state index >= 15 is 0 Å². The van der Waals surface area contributed by atoms with Crippen molar-refractivity contribution in [3.05, 3.63) is 18.2 Å². The maximum absolute atomic E-state index is 13.0. The molecule has 16 nitrogen and oxygen atoms in total. The van der Waals surface area contributed by atoms with Gasteiger partial charge in [-0.2, -0.15) is 0 Å². The number of carboxylic acid groups (broad SMARTS) is 2. The van der Waals surface area contributed by atoms with E-state index in [9.17, 15) is 24.0 Å². The Bertz CT molecular complexity index is 900. The first kappa shape index (κ1) is 28.8. The van der Waals surface area contributed by atoms with Crippen LogP contribution in [-0.2, 0) is 30.4 Å². The minimum absolute atomic E-state index is 0.0377. The first-order valence-corrected chi connectivity index (χ1v) is 10.6. The molecule has 0 bridgehead atoms. The van der Waals surface area contributed by atoms with Crippen molar-refractivity contribution >= 4 is 35.6 Å². The van der Waals surface area contributed by atoms with Crippen molar-refractivity contribution in [2.75, 3.05) is 13.1 Å². The lowest BCUT2D eigenvalue weighted by molar-refractivity contribution is -0.139. The number of carbonyl (C=O) groups excluding carboxylic acids is 3. The number of nitrogens with two attached hydrogens (primary N) is 3. The third kappa shape index (κ3) is 12.0. The van der Waals surface area contributed by atoms with Crippen LogP contribution in [0.15, 0.2) is 17.5 Å². The maximum atomic E-state index is 13.0. The van der Waals surface area contributed by atoms with Crippen molar-refractivity contribution < 1.29 is 34.2 Å². The van der Waals surface area contributed by atoms with Gasteiger partial charge in [-0.3, -0.25) is 29.0 Å². The van der Waals surface area contributed by atoms with Gasteiger partial charge in [-0.25, -0.2) is 4.98 Å². The van der Waals surface area contributed by atoms with E-state index < -0.39 is 54.3 Å². The first-order chi connectivity index (χ1) is 16.5. The molecule has 35 heavy (non-hydrogen) atoms. The Labute approximate surface area is 200 Å². The van der Waals surface area contributed by atoms with E-state index in [2.05, 4.69) is 30.9 Å². The fraction of sp³-hybridized carbons (Fsp3) is 0.526. The van der Waals surface area contributed by atoms with Crippen molar-refractivity contribution in [1.29, 1.82) is 0 Å². The average molecular weight is 498 g/mol. The monoisotopic (exact) mass is 497 g/mol. The van der Waals surface area contributed by atoms with Crippen LogP contribution in [0.25, 0.3) is 0 Å². The number of imidazole rings is 1. The minimum Gasteiger partial charge on any atom is -0.481 e. The van der Waals surface area contributed by atoms with Crippen molar-refractivity contribution in [2.24, 2.45) is 22.2 Å².